The maximum atomic E-state index is 12.1. The number of hydrogen-bond donors (Lipinski definition) is 2. The zero-order valence-electron chi connectivity index (χ0n) is 15.3. The summed E-state index contributed by atoms with van der Waals surface area (Å²) < 4.78 is 10.6. The summed E-state index contributed by atoms with van der Waals surface area (Å²) in [6.45, 7) is 5.68. The van der Waals surface area contributed by atoms with Gasteiger partial charge in [0.1, 0.15) is 5.60 Å². The molecular weight excluding hydrogens is 324 g/mol. The number of alkyl carbamates (subject to hydrolysis) is 1. The van der Waals surface area contributed by atoms with Crippen molar-refractivity contribution in [1.82, 2.24) is 10.4 Å². The lowest BCUT2D eigenvalue weighted by Crippen LogP contribution is -2.51. The summed E-state index contributed by atoms with van der Waals surface area (Å²) in [5.41, 5.74) is 0.466. The first-order valence-electron chi connectivity index (χ1n) is 8.43. The number of methoxy groups -OCH3 is 1. The average molecular weight is 352 g/mol. The third-order valence-electron chi connectivity index (χ3n) is 3.86. The first kappa shape index (κ1) is 19.7. The first-order chi connectivity index (χ1) is 11.8. The Kier molecular flexibility index (Phi) is 6.78. The molecule has 0 spiro atoms. The lowest BCUT2D eigenvalue weighted by atomic mass is 10.1. The molecule has 1 unspecified atom stereocenters. The maximum absolute atomic E-state index is 12.1. The van der Waals surface area contributed by atoms with Gasteiger partial charge in [-0.1, -0.05) is 30.3 Å². The molecule has 25 heavy (non-hydrogen) atoms. The molecule has 1 aromatic rings. The smallest absolute Gasteiger partial charge is 0.408 e. The molecule has 0 aliphatic carbocycles. The van der Waals surface area contributed by atoms with Crippen molar-refractivity contribution in [3.05, 3.63) is 35.9 Å². The van der Waals surface area contributed by atoms with Gasteiger partial charge in [-0.15, -0.1) is 0 Å². The number of rotatable bonds is 6. The summed E-state index contributed by atoms with van der Waals surface area (Å²) >= 11 is 0. The van der Waals surface area contributed by atoms with E-state index in [4.69, 9.17) is 14.3 Å². The number of hydrogen-bond acceptors (Lipinski definition) is 6. The number of nitrogens with one attached hydrogen (secondary N) is 1. The molecule has 3 atom stereocenters. The fourth-order valence-electron chi connectivity index (χ4n) is 2.73. The van der Waals surface area contributed by atoms with E-state index in [0.29, 0.717) is 13.0 Å². The van der Waals surface area contributed by atoms with Gasteiger partial charge in [-0.3, -0.25) is 4.84 Å². The lowest BCUT2D eigenvalue weighted by Gasteiger charge is -2.30. The Morgan fingerprint density at radius 3 is 2.64 bits per heavy atom. The van der Waals surface area contributed by atoms with Crippen LogP contribution in [-0.4, -0.2) is 54.0 Å². The second-order valence-electron chi connectivity index (χ2n) is 7.07. The minimum atomic E-state index is -0.602. The van der Waals surface area contributed by atoms with Crippen molar-refractivity contribution in [3.63, 3.8) is 0 Å². The van der Waals surface area contributed by atoms with E-state index in [9.17, 15) is 9.90 Å². The molecule has 0 aromatic heterocycles. The molecule has 0 radical (unpaired) electrons. The highest BCUT2D eigenvalue weighted by atomic mass is 16.8. The van der Waals surface area contributed by atoms with E-state index in [0.717, 1.165) is 5.56 Å². The summed E-state index contributed by atoms with van der Waals surface area (Å²) in [6.07, 6.45) is -0.444. The Bertz CT molecular complexity index is 546. The third kappa shape index (κ3) is 5.97. The Morgan fingerprint density at radius 1 is 1.40 bits per heavy atom. The van der Waals surface area contributed by atoms with E-state index in [-0.39, 0.29) is 12.6 Å². The highest BCUT2D eigenvalue weighted by molar-refractivity contribution is 5.68. The minimum Gasteiger partial charge on any atom is -0.444 e. The molecule has 1 heterocycles. The van der Waals surface area contributed by atoms with E-state index < -0.39 is 24.0 Å². The van der Waals surface area contributed by atoms with Crippen LogP contribution in [0.5, 0.6) is 0 Å². The number of amides is 1. The Balaban J connectivity index is 2.06. The zero-order valence-corrected chi connectivity index (χ0v) is 15.3. The van der Waals surface area contributed by atoms with Crippen molar-refractivity contribution in [2.75, 3.05) is 13.7 Å². The summed E-state index contributed by atoms with van der Waals surface area (Å²) in [4.78, 5) is 17.9. The maximum Gasteiger partial charge on any atom is 0.408 e. The van der Waals surface area contributed by atoms with Gasteiger partial charge < -0.3 is 19.9 Å². The van der Waals surface area contributed by atoms with Crippen LogP contribution in [0.4, 0.5) is 4.79 Å². The molecular formula is C18H28N2O5. The fraction of sp³-hybridized carbons (Fsp3) is 0.611. The number of aliphatic hydroxyl groups is 1. The van der Waals surface area contributed by atoms with Crippen LogP contribution < -0.4 is 5.32 Å². The standard InChI is InChI=1S/C18H28N2O5/c1-18(2,3)24-17(22)19-14(12-21)15-10-16(23-4)25-20(15)11-13-8-6-5-7-9-13/h5-9,14-16,21H,10-12H2,1-4H3,(H,19,22)/t14-,15+,16?/m0/s1. The van der Waals surface area contributed by atoms with Crippen LogP contribution in [0.3, 0.4) is 0 Å². The number of nitrogens with zero attached hydrogens (tertiary/aromatic N) is 1. The van der Waals surface area contributed by atoms with Crippen molar-refractivity contribution in [1.29, 1.82) is 0 Å². The number of ether oxygens (including phenoxy) is 2. The first-order valence-corrected chi connectivity index (χ1v) is 8.43. The average Bonchev–Trinajstić information content (AvgIpc) is 2.95. The largest absolute Gasteiger partial charge is 0.444 e. The summed E-state index contributed by atoms with van der Waals surface area (Å²) in [5.74, 6) is 0. The van der Waals surface area contributed by atoms with Crippen LogP contribution in [0, 0.1) is 0 Å². The Hall–Kier alpha value is -1.67. The van der Waals surface area contributed by atoms with E-state index in [1.54, 1.807) is 32.9 Å². The van der Waals surface area contributed by atoms with Gasteiger partial charge in [0.15, 0.2) is 6.29 Å². The second-order valence-corrected chi connectivity index (χ2v) is 7.07. The SMILES string of the molecule is COC1C[C@H]([C@H](CO)NC(=O)OC(C)(C)C)N(Cc2ccccc2)O1. The van der Waals surface area contributed by atoms with E-state index in [2.05, 4.69) is 5.32 Å². The zero-order chi connectivity index (χ0) is 18.4. The number of benzene rings is 1. The van der Waals surface area contributed by atoms with Crippen molar-refractivity contribution in [3.8, 4) is 0 Å². The number of hydroxylamine groups is 2. The highest BCUT2D eigenvalue weighted by Crippen LogP contribution is 2.26. The summed E-state index contributed by atoms with van der Waals surface area (Å²) in [5, 5.41) is 14.3. The van der Waals surface area contributed by atoms with Gasteiger partial charge >= 0.3 is 6.09 Å². The molecule has 2 N–H and O–H groups in total. The molecule has 140 valence electrons. The van der Waals surface area contributed by atoms with Crippen molar-refractivity contribution in [2.45, 2.75) is 57.7 Å². The fourth-order valence-corrected chi connectivity index (χ4v) is 2.73. The molecule has 1 saturated heterocycles. The van der Waals surface area contributed by atoms with Gasteiger partial charge in [-0.25, -0.2) is 4.79 Å². The molecule has 0 bridgehead atoms. The van der Waals surface area contributed by atoms with Gasteiger partial charge in [0, 0.05) is 20.1 Å². The van der Waals surface area contributed by atoms with Gasteiger partial charge in [0.2, 0.25) is 0 Å². The second kappa shape index (κ2) is 8.62. The molecule has 1 fully saturated rings. The highest BCUT2D eigenvalue weighted by Gasteiger charge is 2.39. The molecule has 1 aliphatic rings. The molecule has 1 aliphatic heterocycles. The predicted octanol–water partition coefficient (Wildman–Crippen LogP) is 2.05. The molecule has 7 heteroatoms. The number of carbonyl (C=O) groups excluding carboxylic acids is 1. The monoisotopic (exact) mass is 352 g/mol. The summed E-state index contributed by atoms with van der Waals surface area (Å²) in [7, 11) is 1.57. The molecule has 0 saturated carbocycles. The van der Waals surface area contributed by atoms with Crippen LogP contribution in [0.2, 0.25) is 0 Å². The van der Waals surface area contributed by atoms with Gasteiger partial charge in [0.25, 0.3) is 0 Å². The number of aliphatic hydroxyl groups excluding tert-OH is 1. The Morgan fingerprint density at radius 2 is 2.08 bits per heavy atom. The van der Waals surface area contributed by atoms with Crippen LogP contribution in [0.25, 0.3) is 0 Å². The molecule has 7 nitrogen and oxygen atoms in total. The summed E-state index contributed by atoms with van der Waals surface area (Å²) in [6, 6.07) is 9.09. The van der Waals surface area contributed by atoms with Crippen LogP contribution in [-0.2, 0) is 20.9 Å². The van der Waals surface area contributed by atoms with Gasteiger partial charge in [-0.05, 0) is 26.3 Å². The molecule has 2 rings (SSSR count). The van der Waals surface area contributed by atoms with Crippen LogP contribution in [0.1, 0.15) is 32.8 Å². The molecule has 1 amide bonds. The van der Waals surface area contributed by atoms with E-state index in [1.165, 1.54) is 0 Å². The third-order valence-corrected chi connectivity index (χ3v) is 3.86. The van der Waals surface area contributed by atoms with E-state index >= 15 is 0 Å². The van der Waals surface area contributed by atoms with E-state index in [1.807, 2.05) is 30.3 Å². The predicted molar refractivity (Wildman–Crippen MR) is 92.5 cm³/mol. The lowest BCUT2D eigenvalue weighted by molar-refractivity contribution is -0.238. The van der Waals surface area contributed by atoms with Gasteiger partial charge in [0.05, 0.1) is 18.7 Å². The number of carbonyl (C=O) groups is 1. The molecule has 1 aromatic carbocycles. The van der Waals surface area contributed by atoms with Gasteiger partial charge in [-0.2, -0.15) is 5.06 Å². The van der Waals surface area contributed by atoms with Crippen molar-refractivity contribution in [2.24, 2.45) is 0 Å². The van der Waals surface area contributed by atoms with Crippen molar-refractivity contribution < 1.29 is 24.2 Å². The quantitative estimate of drug-likeness (QED) is 0.816. The van der Waals surface area contributed by atoms with Crippen LogP contribution >= 0.6 is 0 Å². The minimum absolute atomic E-state index is 0.227. The topological polar surface area (TPSA) is 80.3 Å². The Labute approximate surface area is 148 Å². The van der Waals surface area contributed by atoms with Crippen LogP contribution in [0.15, 0.2) is 30.3 Å². The van der Waals surface area contributed by atoms with Crippen molar-refractivity contribution >= 4 is 6.09 Å². The normalized spacial score (nSPS) is 22.6.